The minimum Gasteiger partial charge on any atom is -0.458 e. The van der Waals surface area contributed by atoms with Crippen LogP contribution in [0.3, 0.4) is 0 Å². The molecule has 0 aliphatic rings. The van der Waals surface area contributed by atoms with Crippen molar-refractivity contribution >= 4 is 17.9 Å². The molecular weight excluding hydrogens is 312 g/mol. The van der Waals surface area contributed by atoms with E-state index in [0.29, 0.717) is 0 Å². The van der Waals surface area contributed by atoms with E-state index in [1.807, 2.05) is 0 Å². The molecule has 0 aliphatic heterocycles. The lowest BCUT2D eigenvalue weighted by Gasteiger charge is -2.10. The Morgan fingerprint density at radius 1 is 0.875 bits per heavy atom. The average Bonchev–Trinajstić information content (AvgIpc) is 2.57. The van der Waals surface area contributed by atoms with Crippen LogP contribution < -0.4 is 4.74 Å². The van der Waals surface area contributed by atoms with E-state index in [9.17, 15) is 14.4 Å². The van der Waals surface area contributed by atoms with Crippen molar-refractivity contribution in [1.82, 2.24) is 0 Å². The topological polar surface area (TPSA) is 78.9 Å². The summed E-state index contributed by atoms with van der Waals surface area (Å²) in [4.78, 5) is 35.6. The fraction of sp³-hybridized carbons (Fsp3) is 0.167. The van der Waals surface area contributed by atoms with Gasteiger partial charge in [-0.05, 0) is 18.2 Å². The summed E-state index contributed by atoms with van der Waals surface area (Å²) in [6.45, 7) is 10.3. The van der Waals surface area contributed by atoms with Gasteiger partial charge in [0.05, 0.1) is 17.5 Å². The number of carbonyl (C=O) groups is 3. The van der Waals surface area contributed by atoms with Gasteiger partial charge in [0.15, 0.2) is 0 Å². The Morgan fingerprint density at radius 3 is 2.00 bits per heavy atom. The highest BCUT2D eigenvalue weighted by Crippen LogP contribution is 2.20. The average molecular weight is 330 g/mol. The zero-order chi connectivity index (χ0) is 17.9. The molecule has 0 atom stereocenters. The van der Waals surface area contributed by atoms with Crippen LogP contribution >= 0.6 is 0 Å². The quantitative estimate of drug-likeness (QED) is 0.393. The van der Waals surface area contributed by atoms with Crippen LogP contribution in [0.25, 0.3) is 0 Å². The van der Waals surface area contributed by atoms with Crippen molar-refractivity contribution in [3.05, 3.63) is 67.3 Å². The van der Waals surface area contributed by atoms with E-state index in [1.165, 1.54) is 36.4 Å². The Labute approximate surface area is 140 Å². The first kappa shape index (κ1) is 18.9. The lowest BCUT2D eigenvalue weighted by atomic mass is 10.1. The van der Waals surface area contributed by atoms with Crippen LogP contribution in [0.4, 0.5) is 0 Å². The molecule has 1 aromatic carbocycles. The smallest absolute Gasteiger partial charge is 0.339 e. The Kier molecular flexibility index (Phi) is 7.70. The number of rotatable bonds is 9. The van der Waals surface area contributed by atoms with Gasteiger partial charge in [-0.3, -0.25) is 4.79 Å². The van der Waals surface area contributed by atoms with Gasteiger partial charge in [-0.15, -0.1) is 6.58 Å². The third kappa shape index (κ3) is 5.57. The summed E-state index contributed by atoms with van der Waals surface area (Å²) in [6, 6.07) is 3.96. The monoisotopic (exact) mass is 330 g/mol. The Bertz CT molecular complexity index is 659. The summed E-state index contributed by atoms with van der Waals surface area (Å²) in [6.07, 6.45) is 4.20. The van der Waals surface area contributed by atoms with Crippen molar-refractivity contribution in [2.24, 2.45) is 0 Å². The van der Waals surface area contributed by atoms with Gasteiger partial charge < -0.3 is 14.2 Å². The molecule has 0 heterocycles. The molecule has 6 heteroatoms. The van der Waals surface area contributed by atoms with E-state index in [1.54, 1.807) is 0 Å². The Morgan fingerprint density at radius 2 is 1.46 bits per heavy atom. The van der Waals surface area contributed by atoms with E-state index >= 15 is 0 Å². The lowest BCUT2D eigenvalue weighted by Crippen LogP contribution is -2.15. The van der Waals surface area contributed by atoms with Gasteiger partial charge >= 0.3 is 17.9 Å². The van der Waals surface area contributed by atoms with Crippen LogP contribution in [0.15, 0.2) is 56.2 Å². The van der Waals surface area contributed by atoms with Crippen LogP contribution in [0, 0.1) is 0 Å². The van der Waals surface area contributed by atoms with Crippen LogP contribution in [-0.2, 0) is 14.3 Å². The van der Waals surface area contributed by atoms with E-state index in [0.717, 1.165) is 0 Å². The van der Waals surface area contributed by atoms with Crippen LogP contribution in [0.2, 0.25) is 0 Å². The van der Waals surface area contributed by atoms with Gasteiger partial charge in [-0.2, -0.15) is 0 Å². The minimum absolute atomic E-state index is 0.00392. The van der Waals surface area contributed by atoms with E-state index in [-0.39, 0.29) is 36.5 Å². The molecule has 0 fully saturated rings. The summed E-state index contributed by atoms with van der Waals surface area (Å²) in [5, 5.41) is 0. The molecule has 0 saturated carbocycles. The van der Waals surface area contributed by atoms with Crippen molar-refractivity contribution < 1.29 is 28.6 Å². The maximum atomic E-state index is 12.1. The molecule has 0 aliphatic carbocycles. The molecule has 0 N–H and O–H groups in total. The molecule has 0 saturated heterocycles. The van der Waals surface area contributed by atoms with Crippen molar-refractivity contribution in [3.8, 4) is 5.75 Å². The summed E-state index contributed by atoms with van der Waals surface area (Å²) in [5.41, 5.74) is -0.0794. The maximum Gasteiger partial charge on any atom is 0.339 e. The van der Waals surface area contributed by atoms with Crippen molar-refractivity contribution in [1.29, 1.82) is 0 Å². The number of benzene rings is 1. The molecule has 6 nitrogen and oxygen atoms in total. The number of esters is 3. The number of hydrogen-bond donors (Lipinski definition) is 0. The normalized spacial score (nSPS) is 9.50. The fourth-order valence-corrected chi connectivity index (χ4v) is 1.65. The lowest BCUT2D eigenvalue weighted by molar-refractivity contribution is -0.133. The summed E-state index contributed by atoms with van der Waals surface area (Å²) < 4.78 is 14.9. The number of hydrogen-bond acceptors (Lipinski definition) is 6. The first-order valence-electron chi connectivity index (χ1n) is 7.05. The third-order valence-electron chi connectivity index (χ3n) is 2.64. The molecular formula is C18H18O6. The first-order chi connectivity index (χ1) is 11.5. The van der Waals surface area contributed by atoms with Crippen LogP contribution in [-0.4, -0.2) is 31.1 Å². The minimum atomic E-state index is -0.762. The largest absolute Gasteiger partial charge is 0.458 e. The molecule has 24 heavy (non-hydrogen) atoms. The standard InChI is InChI=1S/C18H18O6/c1-4-7-16(19)24-13-8-9-14(17(20)22-10-5-2)15(12-13)18(21)23-11-6-3/h4-6,8-9,12H,1-3,7,10-11H2. The summed E-state index contributed by atoms with van der Waals surface area (Å²) in [5.74, 6) is -1.92. The van der Waals surface area contributed by atoms with Crippen LogP contribution in [0.1, 0.15) is 27.1 Å². The molecule has 1 rings (SSSR count). The van der Waals surface area contributed by atoms with Crippen molar-refractivity contribution in [3.63, 3.8) is 0 Å². The SMILES string of the molecule is C=CCOC(=O)c1ccc(OC(=O)CC=C)cc1C(=O)OCC=C. The van der Waals surface area contributed by atoms with E-state index in [2.05, 4.69) is 19.7 Å². The molecule has 0 amide bonds. The zero-order valence-electron chi connectivity index (χ0n) is 13.2. The number of carbonyl (C=O) groups excluding carboxylic acids is 3. The van der Waals surface area contributed by atoms with Crippen LogP contribution in [0.5, 0.6) is 5.75 Å². The maximum absolute atomic E-state index is 12.1. The van der Waals surface area contributed by atoms with Gasteiger partial charge in [0.2, 0.25) is 0 Å². The molecule has 0 aromatic heterocycles. The summed E-state index contributed by atoms with van der Waals surface area (Å²) in [7, 11) is 0. The number of ether oxygens (including phenoxy) is 3. The molecule has 0 unspecified atom stereocenters. The van der Waals surface area contributed by atoms with Crippen molar-refractivity contribution in [2.45, 2.75) is 6.42 Å². The second kappa shape index (κ2) is 9.78. The Balaban J connectivity index is 3.13. The second-order valence-corrected chi connectivity index (χ2v) is 4.45. The van der Waals surface area contributed by atoms with Gasteiger partial charge in [0.25, 0.3) is 0 Å². The highest BCUT2D eigenvalue weighted by Gasteiger charge is 2.21. The van der Waals surface area contributed by atoms with E-state index < -0.39 is 17.9 Å². The third-order valence-corrected chi connectivity index (χ3v) is 2.64. The molecule has 0 bridgehead atoms. The van der Waals surface area contributed by atoms with Gasteiger partial charge in [0, 0.05) is 0 Å². The second-order valence-electron chi connectivity index (χ2n) is 4.45. The predicted molar refractivity (Wildman–Crippen MR) is 87.9 cm³/mol. The molecule has 1 aromatic rings. The van der Waals surface area contributed by atoms with Gasteiger partial charge in [0.1, 0.15) is 19.0 Å². The van der Waals surface area contributed by atoms with Gasteiger partial charge in [-0.25, -0.2) is 9.59 Å². The van der Waals surface area contributed by atoms with E-state index in [4.69, 9.17) is 14.2 Å². The zero-order valence-corrected chi connectivity index (χ0v) is 13.2. The fourth-order valence-electron chi connectivity index (χ4n) is 1.65. The Hall–Kier alpha value is -3.15. The molecule has 0 radical (unpaired) electrons. The molecule has 0 spiro atoms. The highest BCUT2D eigenvalue weighted by atomic mass is 16.5. The van der Waals surface area contributed by atoms with Gasteiger partial charge in [-0.1, -0.05) is 31.4 Å². The van der Waals surface area contributed by atoms with Crippen molar-refractivity contribution in [2.75, 3.05) is 13.2 Å². The summed E-state index contributed by atoms with van der Waals surface area (Å²) >= 11 is 0. The highest BCUT2D eigenvalue weighted by molar-refractivity contribution is 6.03. The predicted octanol–water partition coefficient (Wildman–Crippen LogP) is 2.85. The first-order valence-corrected chi connectivity index (χ1v) is 7.05. The molecule has 126 valence electrons.